The molecule has 1 heterocycles. The van der Waals surface area contributed by atoms with E-state index in [1.54, 1.807) is 0 Å². The molecule has 0 aliphatic carbocycles. The molecule has 1 aromatic carbocycles. The summed E-state index contributed by atoms with van der Waals surface area (Å²) in [5.41, 5.74) is 2.77. The van der Waals surface area contributed by atoms with Crippen molar-refractivity contribution in [3.63, 3.8) is 0 Å². The van der Waals surface area contributed by atoms with Crippen LogP contribution in [0.25, 0.3) is 0 Å². The van der Waals surface area contributed by atoms with Crippen molar-refractivity contribution in [2.24, 2.45) is 5.92 Å². The summed E-state index contributed by atoms with van der Waals surface area (Å²) in [6.07, 6.45) is 6.57. The van der Waals surface area contributed by atoms with Crippen LogP contribution in [-0.4, -0.2) is 26.7 Å². The van der Waals surface area contributed by atoms with Crippen LogP contribution < -0.4 is 10.2 Å². The zero-order chi connectivity index (χ0) is 13.5. The van der Waals surface area contributed by atoms with E-state index in [0.717, 1.165) is 12.3 Å². The molecular formula is C17H28N2. The maximum atomic E-state index is 3.44. The van der Waals surface area contributed by atoms with Crippen molar-refractivity contribution in [2.45, 2.75) is 39.0 Å². The van der Waals surface area contributed by atoms with Crippen LogP contribution in [0, 0.1) is 5.92 Å². The van der Waals surface area contributed by atoms with Crippen LogP contribution in [0.15, 0.2) is 24.3 Å². The lowest BCUT2D eigenvalue weighted by Gasteiger charge is -2.24. The Balaban J connectivity index is 1.72. The van der Waals surface area contributed by atoms with Gasteiger partial charge in [0.25, 0.3) is 0 Å². The highest BCUT2D eigenvalue weighted by Crippen LogP contribution is 2.19. The van der Waals surface area contributed by atoms with Crippen molar-refractivity contribution in [3.05, 3.63) is 29.8 Å². The van der Waals surface area contributed by atoms with Gasteiger partial charge in [0.2, 0.25) is 0 Å². The highest BCUT2D eigenvalue weighted by atomic mass is 15.1. The van der Waals surface area contributed by atoms with Crippen LogP contribution >= 0.6 is 0 Å². The van der Waals surface area contributed by atoms with E-state index in [9.17, 15) is 0 Å². The van der Waals surface area contributed by atoms with Crippen molar-refractivity contribution < 1.29 is 0 Å². The molecule has 2 nitrogen and oxygen atoms in total. The third-order valence-electron chi connectivity index (χ3n) is 4.35. The van der Waals surface area contributed by atoms with Crippen molar-refractivity contribution >= 4 is 5.69 Å². The van der Waals surface area contributed by atoms with Crippen LogP contribution in [0.5, 0.6) is 0 Å². The first-order valence-corrected chi connectivity index (χ1v) is 7.80. The molecular weight excluding hydrogens is 232 g/mol. The average molecular weight is 260 g/mol. The second kappa shape index (κ2) is 7.54. The number of nitrogens with one attached hydrogen (secondary N) is 1. The summed E-state index contributed by atoms with van der Waals surface area (Å²) in [5.74, 6) is 0.956. The van der Waals surface area contributed by atoms with E-state index in [0.29, 0.717) is 0 Å². The summed E-state index contributed by atoms with van der Waals surface area (Å²) in [5, 5.41) is 3.44. The number of anilines is 1. The molecule has 1 N–H and O–H groups in total. The van der Waals surface area contributed by atoms with E-state index >= 15 is 0 Å². The van der Waals surface area contributed by atoms with Gasteiger partial charge in [0.15, 0.2) is 0 Å². The number of benzene rings is 1. The van der Waals surface area contributed by atoms with Crippen LogP contribution in [0.3, 0.4) is 0 Å². The second-order valence-electron chi connectivity index (χ2n) is 5.78. The molecule has 0 unspecified atom stereocenters. The van der Waals surface area contributed by atoms with Crippen LogP contribution in [0.1, 0.15) is 38.2 Å². The number of rotatable bonds is 6. The maximum absolute atomic E-state index is 3.44. The second-order valence-corrected chi connectivity index (χ2v) is 5.78. The van der Waals surface area contributed by atoms with Gasteiger partial charge >= 0.3 is 0 Å². The molecule has 0 atom stereocenters. The minimum Gasteiger partial charge on any atom is -0.375 e. The largest absolute Gasteiger partial charge is 0.375 e. The van der Waals surface area contributed by atoms with E-state index < -0.39 is 0 Å². The van der Waals surface area contributed by atoms with Gasteiger partial charge in [-0.3, -0.25) is 0 Å². The molecule has 0 saturated carbocycles. The van der Waals surface area contributed by atoms with Gasteiger partial charge in [0.1, 0.15) is 0 Å². The van der Waals surface area contributed by atoms with E-state index in [2.05, 4.69) is 48.5 Å². The number of piperidine rings is 1. The van der Waals surface area contributed by atoms with Gasteiger partial charge in [0.05, 0.1) is 0 Å². The van der Waals surface area contributed by atoms with Crippen molar-refractivity contribution in [1.82, 2.24) is 5.32 Å². The minimum atomic E-state index is 0.956. The molecule has 19 heavy (non-hydrogen) atoms. The van der Waals surface area contributed by atoms with Crippen LogP contribution in [-0.2, 0) is 6.42 Å². The molecule has 2 heteroatoms. The molecule has 1 saturated heterocycles. The predicted molar refractivity (Wildman–Crippen MR) is 83.9 cm³/mol. The number of aryl methyl sites for hydroxylation is 1. The zero-order valence-electron chi connectivity index (χ0n) is 12.5. The van der Waals surface area contributed by atoms with Crippen molar-refractivity contribution in [1.29, 1.82) is 0 Å². The fraction of sp³-hybridized carbons (Fsp3) is 0.647. The lowest BCUT2D eigenvalue weighted by molar-refractivity contribution is 0.348. The highest BCUT2D eigenvalue weighted by Gasteiger charge is 2.12. The lowest BCUT2D eigenvalue weighted by atomic mass is 9.93. The molecule has 1 aromatic rings. The summed E-state index contributed by atoms with van der Waals surface area (Å²) in [7, 11) is 2.21. The molecule has 0 radical (unpaired) electrons. The average Bonchev–Trinajstić information content (AvgIpc) is 2.48. The zero-order valence-corrected chi connectivity index (χ0v) is 12.5. The summed E-state index contributed by atoms with van der Waals surface area (Å²) in [6, 6.07) is 9.00. The molecule has 0 aromatic heterocycles. The Morgan fingerprint density at radius 2 is 1.84 bits per heavy atom. The number of nitrogens with zero attached hydrogens (tertiary/aromatic N) is 1. The number of hydrogen-bond acceptors (Lipinski definition) is 2. The third-order valence-corrected chi connectivity index (χ3v) is 4.35. The Hall–Kier alpha value is -1.02. The van der Waals surface area contributed by atoms with Gasteiger partial charge in [-0.05, 0) is 68.8 Å². The van der Waals surface area contributed by atoms with E-state index in [4.69, 9.17) is 0 Å². The summed E-state index contributed by atoms with van der Waals surface area (Å²) >= 11 is 0. The molecule has 2 rings (SSSR count). The topological polar surface area (TPSA) is 15.3 Å². The first-order valence-electron chi connectivity index (χ1n) is 7.80. The van der Waals surface area contributed by atoms with Gasteiger partial charge in [-0.2, -0.15) is 0 Å². The molecule has 1 aliphatic rings. The predicted octanol–water partition coefficient (Wildman–Crippen LogP) is 3.47. The summed E-state index contributed by atoms with van der Waals surface area (Å²) < 4.78 is 0. The first-order chi connectivity index (χ1) is 9.29. The smallest absolute Gasteiger partial charge is 0.0363 e. The molecule has 0 amide bonds. The quantitative estimate of drug-likeness (QED) is 0.842. The summed E-state index contributed by atoms with van der Waals surface area (Å²) in [4.78, 5) is 2.39. The highest BCUT2D eigenvalue weighted by molar-refractivity contribution is 5.46. The fourth-order valence-electron chi connectivity index (χ4n) is 2.90. The number of hydrogen-bond donors (Lipinski definition) is 1. The van der Waals surface area contributed by atoms with Gasteiger partial charge in [-0.25, -0.2) is 0 Å². The van der Waals surface area contributed by atoms with Gasteiger partial charge in [-0.1, -0.05) is 19.1 Å². The SMILES string of the molecule is CCc1ccc(N(C)CCCC2CCNCC2)cc1. The van der Waals surface area contributed by atoms with Crippen molar-refractivity contribution in [3.8, 4) is 0 Å². The van der Waals surface area contributed by atoms with E-state index in [-0.39, 0.29) is 0 Å². The van der Waals surface area contributed by atoms with Crippen molar-refractivity contribution in [2.75, 3.05) is 31.6 Å². The Kier molecular flexibility index (Phi) is 5.71. The Morgan fingerprint density at radius 1 is 1.16 bits per heavy atom. The molecule has 106 valence electrons. The van der Waals surface area contributed by atoms with Crippen LogP contribution in [0.2, 0.25) is 0 Å². The van der Waals surface area contributed by atoms with Crippen LogP contribution in [0.4, 0.5) is 5.69 Å². The molecule has 1 fully saturated rings. The van der Waals surface area contributed by atoms with Gasteiger partial charge in [0, 0.05) is 19.3 Å². The molecule has 1 aliphatic heterocycles. The van der Waals surface area contributed by atoms with Gasteiger partial charge in [-0.15, -0.1) is 0 Å². The monoisotopic (exact) mass is 260 g/mol. The third kappa shape index (κ3) is 4.54. The summed E-state index contributed by atoms with van der Waals surface area (Å²) in [6.45, 7) is 5.82. The van der Waals surface area contributed by atoms with E-state index in [1.807, 2.05) is 0 Å². The molecule has 0 spiro atoms. The fourth-order valence-corrected chi connectivity index (χ4v) is 2.90. The first kappa shape index (κ1) is 14.4. The minimum absolute atomic E-state index is 0.956. The van der Waals surface area contributed by atoms with E-state index in [1.165, 1.54) is 56.6 Å². The van der Waals surface area contributed by atoms with Gasteiger partial charge < -0.3 is 10.2 Å². The normalized spacial score (nSPS) is 16.5. The maximum Gasteiger partial charge on any atom is 0.0363 e. The lowest BCUT2D eigenvalue weighted by Crippen LogP contribution is -2.28. The Labute approximate surface area is 118 Å². The standard InChI is InChI=1S/C17H28N2/c1-3-15-6-8-17(9-7-15)19(2)14-4-5-16-10-12-18-13-11-16/h6-9,16,18H,3-5,10-14H2,1-2H3. The Morgan fingerprint density at radius 3 is 2.47 bits per heavy atom. The molecule has 0 bridgehead atoms. The Bertz CT molecular complexity index is 352.